The first-order chi connectivity index (χ1) is 9.31. The quantitative estimate of drug-likeness (QED) is 0.781. The Balaban J connectivity index is 1.52. The van der Waals surface area contributed by atoms with Crippen LogP contribution in [0, 0.1) is 11.8 Å². The Bertz CT molecular complexity index is 406. The highest BCUT2D eigenvalue weighted by molar-refractivity contribution is 4.97. The summed E-state index contributed by atoms with van der Waals surface area (Å²) in [7, 11) is 0. The summed E-state index contributed by atoms with van der Waals surface area (Å²) in [4.78, 5) is 4.56. The van der Waals surface area contributed by atoms with Crippen LogP contribution in [0.4, 0.5) is 0 Å². The number of aromatic nitrogens is 3. The predicted octanol–water partition coefficient (Wildman–Crippen LogP) is 2.18. The molecule has 0 spiro atoms. The van der Waals surface area contributed by atoms with Crippen molar-refractivity contribution >= 4 is 0 Å². The minimum Gasteiger partial charge on any atom is -0.312 e. The second kappa shape index (κ2) is 5.61. The number of nitrogens with one attached hydrogen (secondary N) is 1. The van der Waals surface area contributed by atoms with Crippen molar-refractivity contribution in [3.8, 4) is 0 Å². The van der Waals surface area contributed by atoms with Crippen LogP contribution < -0.4 is 5.32 Å². The van der Waals surface area contributed by atoms with Crippen molar-refractivity contribution in [1.82, 2.24) is 20.1 Å². The molecule has 2 fully saturated rings. The Hall–Kier alpha value is -0.900. The summed E-state index contributed by atoms with van der Waals surface area (Å²) < 4.78 is 2.10. The Morgan fingerprint density at radius 3 is 2.37 bits per heavy atom. The average Bonchev–Trinajstić information content (AvgIpc) is 3.33. The fourth-order valence-corrected chi connectivity index (χ4v) is 2.98. The zero-order chi connectivity index (χ0) is 13.2. The van der Waals surface area contributed by atoms with Gasteiger partial charge in [-0.2, -0.15) is 5.10 Å². The molecule has 0 aliphatic heterocycles. The fraction of sp³-hybridized carbons (Fsp3) is 0.867. The first kappa shape index (κ1) is 13.1. The smallest absolute Gasteiger partial charge is 0.150 e. The van der Waals surface area contributed by atoms with Crippen LogP contribution in [-0.2, 0) is 19.4 Å². The van der Waals surface area contributed by atoms with Crippen molar-refractivity contribution in [1.29, 1.82) is 0 Å². The standard InChI is InChI=1S/C15H26N4/c1-3-13-17-14(4-2)19(18-13)10-9-16-15(11-5-6-11)12-7-8-12/h11-12,15-16H,3-10H2,1-2H3. The second-order valence-electron chi connectivity index (χ2n) is 6.03. The first-order valence-electron chi connectivity index (χ1n) is 7.97. The Kier molecular flexibility index (Phi) is 3.87. The molecule has 106 valence electrons. The van der Waals surface area contributed by atoms with Crippen LogP contribution in [0.2, 0.25) is 0 Å². The van der Waals surface area contributed by atoms with Gasteiger partial charge in [0.15, 0.2) is 5.82 Å². The Labute approximate surface area is 116 Å². The zero-order valence-corrected chi connectivity index (χ0v) is 12.2. The highest BCUT2D eigenvalue weighted by atomic mass is 15.3. The third-order valence-electron chi connectivity index (χ3n) is 4.39. The van der Waals surface area contributed by atoms with Crippen LogP contribution in [0.5, 0.6) is 0 Å². The van der Waals surface area contributed by atoms with E-state index >= 15 is 0 Å². The first-order valence-corrected chi connectivity index (χ1v) is 7.97. The minimum absolute atomic E-state index is 0.791. The van der Waals surface area contributed by atoms with Crippen LogP contribution >= 0.6 is 0 Å². The summed E-state index contributed by atoms with van der Waals surface area (Å²) in [5.41, 5.74) is 0. The van der Waals surface area contributed by atoms with Gasteiger partial charge in [0.05, 0.1) is 6.54 Å². The number of nitrogens with zero attached hydrogens (tertiary/aromatic N) is 3. The Morgan fingerprint density at radius 1 is 1.16 bits per heavy atom. The number of hydrogen-bond acceptors (Lipinski definition) is 3. The van der Waals surface area contributed by atoms with Gasteiger partial charge in [0.25, 0.3) is 0 Å². The van der Waals surface area contributed by atoms with Crippen LogP contribution in [0.3, 0.4) is 0 Å². The van der Waals surface area contributed by atoms with Gasteiger partial charge in [-0.3, -0.25) is 0 Å². The van der Waals surface area contributed by atoms with E-state index in [9.17, 15) is 0 Å². The van der Waals surface area contributed by atoms with Gasteiger partial charge in [-0.05, 0) is 37.5 Å². The van der Waals surface area contributed by atoms with Crippen LogP contribution in [0.15, 0.2) is 0 Å². The van der Waals surface area contributed by atoms with Gasteiger partial charge in [0, 0.05) is 25.4 Å². The topological polar surface area (TPSA) is 42.7 Å². The van der Waals surface area contributed by atoms with Gasteiger partial charge in [-0.1, -0.05) is 13.8 Å². The van der Waals surface area contributed by atoms with Crippen molar-refractivity contribution in [3.63, 3.8) is 0 Å². The van der Waals surface area contributed by atoms with Crippen LogP contribution in [-0.4, -0.2) is 27.4 Å². The second-order valence-corrected chi connectivity index (χ2v) is 6.03. The van der Waals surface area contributed by atoms with E-state index in [1.54, 1.807) is 0 Å². The van der Waals surface area contributed by atoms with Gasteiger partial charge < -0.3 is 5.32 Å². The van der Waals surface area contributed by atoms with Crippen molar-refractivity contribution in [2.24, 2.45) is 11.8 Å². The van der Waals surface area contributed by atoms with Gasteiger partial charge in [-0.15, -0.1) is 0 Å². The molecule has 0 aromatic carbocycles. The van der Waals surface area contributed by atoms with E-state index in [1.807, 2.05) is 0 Å². The largest absolute Gasteiger partial charge is 0.312 e. The molecule has 4 nitrogen and oxygen atoms in total. The number of hydrogen-bond donors (Lipinski definition) is 1. The molecule has 19 heavy (non-hydrogen) atoms. The summed E-state index contributed by atoms with van der Waals surface area (Å²) in [6.07, 6.45) is 7.67. The lowest BCUT2D eigenvalue weighted by Gasteiger charge is -2.17. The molecule has 0 atom stereocenters. The molecule has 0 bridgehead atoms. The lowest BCUT2D eigenvalue weighted by molar-refractivity contribution is 0.397. The predicted molar refractivity (Wildman–Crippen MR) is 76.0 cm³/mol. The Morgan fingerprint density at radius 2 is 1.84 bits per heavy atom. The van der Waals surface area contributed by atoms with Gasteiger partial charge in [-0.25, -0.2) is 9.67 Å². The van der Waals surface area contributed by atoms with Crippen molar-refractivity contribution in [2.75, 3.05) is 6.54 Å². The molecule has 0 amide bonds. The summed E-state index contributed by atoms with van der Waals surface area (Å²) >= 11 is 0. The van der Waals surface area contributed by atoms with E-state index in [0.29, 0.717) is 0 Å². The average molecular weight is 262 g/mol. The molecule has 1 aromatic heterocycles. The minimum atomic E-state index is 0.791. The molecule has 0 unspecified atom stereocenters. The molecule has 2 aliphatic rings. The van der Waals surface area contributed by atoms with E-state index in [2.05, 4.69) is 33.9 Å². The van der Waals surface area contributed by atoms with Crippen molar-refractivity contribution in [3.05, 3.63) is 11.6 Å². The van der Waals surface area contributed by atoms with Crippen LogP contribution in [0.25, 0.3) is 0 Å². The van der Waals surface area contributed by atoms with E-state index < -0.39 is 0 Å². The van der Waals surface area contributed by atoms with E-state index in [4.69, 9.17) is 0 Å². The maximum absolute atomic E-state index is 4.58. The number of aryl methyl sites for hydroxylation is 2. The molecule has 0 radical (unpaired) electrons. The lowest BCUT2D eigenvalue weighted by Crippen LogP contribution is -2.35. The SMILES string of the molecule is CCc1nc(CC)n(CCNC(C2CC2)C2CC2)n1. The number of rotatable bonds is 8. The van der Waals surface area contributed by atoms with Gasteiger partial charge in [0.1, 0.15) is 5.82 Å². The molecule has 1 N–H and O–H groups in total. The van der Waals surface area contributed by atoms with E-state index in [0.717, 1.165) is 55.5 Å². The normalized spacial score (nSPS) is 19.3. The maximum Gasteiger partial charge on any atom is 0.150 e. The molecular weight excluding hydrogens is 236 g/mol. The van der Waals surface area contributed by atoms with Crippen LogP contribution in [0.1, 0.15) is 51.2 Å². The molecule has 2 aliphatic carbocycles. The monoisotopic (exact) mass is 262 g/mol. The van der Waals surface area contributed by atoms with Crippen molar-refractivity contribution in [2.45, 2.75) is 65.0 Å². The molecule has 2 saturated carbocycles. The van der Waals surface area contributed by atoms with Gasteiger partial charge >= 0.3 is 0 Å². The lowest BCUT2D eigenvalue weighted by atomic mass is 10.1. The molecule has 0 saturated heterocycles. The summed E-state index contributed by atoms with van der Waals surface area (Å²) in [6.45, 7) is 6.28. The molecule has 3 rings (SSSR count). The van der Waals surface area contributed by atoms with Gasteiger partial charge in [0.2, 0.25) is 0 Å². The van der Waals surface area contributed by atoms with E-state index in [-0.39, 0.29) is 0 Å². The third-order valence-corrected chi connectivity index (χ3v) is 4.39. The summed E-state index contributed by atoms with van der Waals surface area (Å²) in [5.74, 6) is 4.06. The molecule has 1 aromatic rings. The molecule has 4 heteroatoms. The highest BCUT2D eigenvalue weighted by Crippen LogP contribution is 2.44. The fourth-order valence-electron chi connectivity index (χ4n) is 2.98. The van der Waals surface area contributed by atoms with E-state index in [1.165, 1.54) is 25.7 Å². The maximum atomic E-state index is 4.58. The third kappa shape index (κ3) is 3.16. The molecule has 1 heterocycles. The molecular formula is C15H26N4. The highest BCUT2D eigenvalue weighted by Gasteiger charge is 2.40. The summed E-state index contributed by atoms with van der Waals surface area (Å²) in [6, 6.07) is 0.791. The zero-order valence-electron chi connectivity index (χ0n) is 12.2. The van der Waals surface area contributed by atoms with Crippen molar-refractivity contribution < 1.29 is 0 Å². The summed E-state index contributed by atoms with van der Waals surface area (Å²) in [5, 5.41) is 8.36.